The zero-order chi connectivity index (χ0) is 15.5. The molecular formula is C11H6F5NO3. The molecule has 108 valence electrons. The summed E-state index contributed by atoms with van der Waals surface area (Å²) in [6, 6.07) is 2.67. The van der Waals surface area contributed by atoms with Crippen LogP contribution in [0.4, 0.5) is 22.0 Å². The molecule has 0 bridgehead atoms. The van der Waals surface area contributed by atoms with Crippen molar-refractivity contribution in [2.75, 3.05) is 7.11 Å². The molecule has 0 saturated heterocycles. The van der Waals surface area contributed by atoms with Gasteiger partial charge in [-0.15, -0.1) is 13.2 Å². The zero-order valence-electron chi connectivity index (χ0n) is 9.79. The third-order valence-electron chi connectivity index (χ3n) is 2.16. The standard InChI is InChI=1S/C11H6F5NO3/c1-19-10(18)8-6(20-11(14,15)16)3-2-5(4-17)7(8)9(12)13/h2-3,9H,1H3. The number of nitrogens with zero attached hydrogens (tertiary/aromatic N) is 1. The van der Waals surface area contributed by atoms with Crippen molar-refractivity contribution in [3.63, 3.8) is 0 Å². The Hall–Kier alpha value is -2.37. The van der Waals surface area contributed by atoms with Crippen LogP contribution in [-0.2, 0) is 4.74 Å². The van der Waals surface area contributed by atoms with Crippen LogP contribution < -0.4 is 4.74 Å². The number of methoxy groups -OCH3 is 1. The second-order valence-corrected chi connectivity index (χ2v) is 3.35. The SMILES string of the molecule is COC(=O)c1c(OC(F)(F)F)ccc(C#N)c1C(F)F. The van der Waals surface area contributed by atoms with E-state index >= 15 is 0 Å². The number of benzene rings is 1. The number of ether oxygens (including phenoxy) is 2. The molecule has 0 saturated carbocycles. The van der Waals surface area contributed by atoms with E-state index in [9.17, 15) is 26.7 Å². The zero-order valence-corrected chi connectivity index (χ0v) is 9.79. The summed E-state index contributed by atoms with van der Waals surface area (Å²) in [6.07, 6.45) is -8.54. The van der Waals surface area contributed by atoms with Crippen LogP contribution in [0.5, 0.6) is 5.75 Å². The minimum Gasteiger partial charge on any atom is -0.465 e. The molecule has 1 aromatic rings. The molecule has 0 unspecified atom stereocenters. The predicted molar refractivity (Wildman–Crippen MR) is 54.1 cm³/mol. The maximum Gasteiger partial charge on any atom is 0.573 e. The Bertz CT molecular complexity index is 562. The number of halogens is 5. The molecule has 1 rings (SSSR count). The van der Waals surface area contributed by atoms with Crippen LogP contribution in [0.3, 0.4) is 0 Å². The molecule has 0 fully saturated rings. The minimum atomic E-state index is -5.18. The third-order valence-corrected chi connectivity index (χ3v) is 2.16. The summed E-state index contributed by atoms with van der Waals surface area (Å²) in [5, 5.41) is 8.67. The van der Waals surface area contributed by atoms with Gasteiger partial charge in [0.1, 0.15) is 11.3 Å². The highest BCUT2D eigenvalue weighted by molar-refractivity contribution is 5.95. The van der Waals surface area contributed by atoms with Gasteiger partial charge in [0.2, 0.25) is 0 Å². The van der Waals surface area contributed by atoms with Crippen molar-refractivity contribution >= 4 is 5.97 Å². The molecule has 9 heteroatoms. The first-order valence-electron chi connectivity index (χ1n) is 4.90. The fourth-order valence-electron chi connectivity index (χ4n) is 1.45. The number of carbonyl (C=O) groups is 1. The lowest BCUT2D eigenvalue weighted by molar-refractivity contribution is -0.274. The van der Waals surface area contributed by atoms with Crippen LogP contribution in [0.25, 0.3) is 0 Å². The fourth-order valence-corrected chi connectivity index (χ4v) is 1.45. The lowest BCUT2D eigenvalue weighted by Crippen LogP contribution is -2.20. The molecule has 0 N–H and O–H groups in total. The number of alkyl halides is 5. The van der Waals surface area contributed by atoms with Gasteiger partial charge in [0.25, 0.3) is 6.43 Å². The smallest absolute Gasteiger partial charge is 0.465 e. The molecule has 20 heavy (non-hydrogen) atoms. The van der Waals surface area contributed by atoms with E-state index in [-0.39, 0.29) is 0 Å². The van der Waals surface area contributed by atoms with Gasteiger partial charge in [0, 0.05) is 0 Å². The number of nitriles is 1. The van der Waals surface area contributed by atoms with Crippen LogP contribution in [-0.4, -0.2) is 19.4 Å². The first-order chi connectivity index (χ1) is 9.21. The molecule has 0 aromatic heterocycles. The van der Waals surface area contributed by atoms with Gasteiger partial charge in [-0.3, -0.25) is 0 Å². The number of rotatable bonds is 3. The minimum absolute atomic E-state index is 0.601. The fraction of sp³-hybridized carbons (Fsp3) is 0.273. The molecule has 0 aliphatic carbocycles. The number of hydrogen-bond donors (Lipinski definition) is 0. The van der Waals surface area contributed by atoms with E-state index in [4.69, 9.17) is 5.26 Å². The van der Waals surface area contributed by atoms with Gasteiger partial charge in [-0.1, -0.05) is 0 Å². The van der Waals surface area contributed by atoms with Crippen molar-refractivity contribution in [3.05, 3.63) is 28.8 Å². The summed E-state index contributed by atoms with van der Waals surface area (Å²) in [5.74, 6) is -2.62. The van der Waals surface area contributed by atoms with Crippen LogP contribution in [0.2, 0.25) is 0 Å². The summed E-state index contributed by atoms with van der Waals surface area (Å²) < 4.78 is 70.0. The Morgan fingerprint density at radius 3 is 2.35 bits per heavy atom. The lowest BCUT2D eigenvalue weighted by Gasteiger charge is -2.15. The summed E-state index contributed by atoms with van der Waals surface area (Å²) in [7, 11) is 0.800. The molecule has 0 heterocycles. The third kappa shape index (κ3) is 3.34. The predicted octanol–water partition coefficient (Wildman–Crippen LogP) is 3.18. The molecule has 0 spiro atoms. The second kappa shape index (κ2) is 5.73. The summed E-state index contributed by atoms with van der Waals surface area (Å²) in [6.45, 7) is 0. The molecular weight excluding hydrogens is 289 g/mol. The van der Waals surface area contributed by atoms with Gasteiger partial charge < -0.3 is 9.47 Å². The molecule has 0 aliphatic rings. The van der Waals surface area contributed by atoms with Crippen molar-refractivity contribution in [2.24, 2.45) is 0 Å². The number of hydrogen-bond acceptors (Lipinski definition) is 4. The average Bonchev–Trinajstić information content (AvgIpc) is 2.35. The molecule has 0 radical (unpaired) electrons. The maximum absolute atomic E-state index is 12.9. The molecule has 4 nitrogen and oxygen atoms in total. The van der Waals surface area contributed by atoms with E-state index in [1.165, 1.54) is 6.07 Å². The van der Waals surface area contributed by atoms with E-state index in [1.54, 1.807) is 0 Å². The highest BCUT2D eigenvalue weighted by Crippen LogP contribution is 2.35. The van der Waals surface area contributed by atoms with Gasteiger partial charge in [-0.2, -0.15) is 5.26 Å². The van der Waals surface area contributed by atoms with Crippen molar-refractivity contribution in [3.8, 4) is 11.8 Å². The molecule has 1 aromatic carbocycles. The van der Waals surface area contributed by atoms with Crippen molar-refractivity contribution in [1.29, 1.82) is 5.26 Å². The van der Waals surface area contributed by atoms with E-state index in [0.29, 0.717) is 12.1 Å². The largest absolute Gasteiger partial charge is 0.573 e. The van der Waals surface area contributed by atoms with Crippen molar-refractivity contribution in [1.82, 2.24) is 0 Å². The van der Waals surface area contributed by atoms with Gasteiger partial charge in [-0.25, -0.2) is 13.6 Å². The van der Waals surface area contributed by atoms with Crippen LogP contribution in [0, 0.1) is 11.3 Å². The Labute approximate surface area is 109 Å². The van der Waals surface area contributed by atoms with Crippen LogP contribution in [0.1, 0.15) is 27.9 Å². The van der Waals surface area contributed by atoms with Crippen molar-refractivity contribution < 1.29 is 36.2 Å². The number of carbonyl (C=O) groups excluding carboxylic acids is 1. The van der Waals surface area contributed by atoms with Gasteiger partial charge >= 0.3 is 12.3 Å². The Kier molecular flexibility index (Phi) is 4.49. The van der Waals surface area contributed by atoms with Crippen LogP contribution in [0.15, 0.2) is 12.1 Å². The molecule has 0 amide bonds. The second-order valence-electron chi connectivity index (χ2n) is 3.35. The Balaban J connectivity index is 3.58. The quantitative estimate of drug-likeness (QED) is 0.634. The van der Waals surface area contributed by atoms with E-state index in [0.717, 1.165) is 7.11 Å². The van der Waals surface area contributed by atoms with E-state index in [1.807, 2.05) is 0 Å². The van der Waals surface area contributed by atoms with E-state index in [2.05, 4.69) is 9.47 Å². The molecule has 0 atom stereocenters. The summed E-state index contributed by atoms with van der Waals surface area (Å²) >= 11 is 0. The maximum atomic E-state index is 12.9. The summed E-state index contributed by atoms with van der Waals surface area (Å²) in [5.41, 5.74) is -2.94. The van der Waals surface area contributed by atoms with Gasteiger partial charge in [0.15, 0.2) is 0 Å². The first kappa shape index (κ1) is 15.7. The van der Waals surface area contributed by atoms with Crippen LogP contribution >= 0.6 is 0 Å². The first-order valence-corrected chi connectivity index (χ1v) is 4.90. The van der Waals surface area contributed by atoms with Gasteiger partial charge in [0.05, 0.1) is 24.3 Å². The van der Waals surface area contributed by atoms with E-state index < -0.39 is 41.2 Å². The highest BCUT2D eigenvalue weighted by Gasteiger charge is 2.36. The number of esters is 1. The topological polar surface area (TPSA) is 59.3 Å². The lowest BCUT2D eigenvalue weighted by atomic mass is 10.0. The molecule has 0 aliphatic heterocycles. The highest BCUT2D eigenvalue weighted by atomic mass is 19.4. The average molecular weight is 295 g/mol. The van der Waals surface area contributed by atoms with Gasteiger partial charge in [-0.05, 0) is 12.1 Å². The Morgan fingerprint density at radius 2 is 1.95 bits per heavy atom. The Morgan fingerprint density at radius 1 is 1.35 bits per heavy atom. The summed E-state index contributed by atoms with van der Waals surface area (Å²) in [4.78, 5) is 11.4. The van der Waals surface area contributed by atoms with Crippen molar-refractivity contribution in [2.45, 2.75) is 12.8 Å². The normalized spacial score (nSPS) is 11.1. The monoisotopic (exact) mass is 295 g/mol.